The van der Waals surface area contributed by atoms with Crippen LogP contribution < -0.4 is 44.9 Å². The second-order valence-electron chi connectivity index (χ2n) is 9.07. The summed E-state index contributed by atoms with van der Waals surface area (Å²) >= 11 is 2.98. The summed E-state index contributed by atoms with van der Waals surface area (Å²) in [7, 11) is 0. The molecule has 2 saturated heterocycles. The molecule has 1 aromatic heterocycles. The number of nitrogens with one attached hydrogen (secondary N) is 1. The molecule has 2 aromatic rings. The molecule has 9 nitrogen and oxygen atoms in total. The van der Waals surface area contributed by atoms with Crippen LogP contribution in [0.5, 0.6) is 0 Å². The molecule has 5 rings (SSSR count). The summed E-state index contributed by atoms with van der Waals surface area (Å²) in [5, 5.41) is 27.6. The quantitative estimate of drug-likeness (QED) is 0.288. The Kier molecular flexibility index (Phi) is 8.18. The molecule has 0 aliphatic carbocycles. The largest absolute Gasteiger partial charge is 1.00 e. The van der Waals surface area contributed by atoms with E-state index >= 15 is 0 Å². The van der Waals surface area contributed by atoms with E-state index in [2.05, 4.69) is 15.2 Å². The number of aliphatic hydroxyl groups excluding tert-OH is 1. The van der Waals surface area contributed by atoms with E-state index in [9.17, 15) is 24.6 Å². The first-order valence-electron chi connectivity index (χ1n) is 11.4. The molecule has 0 radical (unpaired) electrons. The molecular formula is C24H25N4NaO5S2. The van der Waals surface area contributed by atoms with Gasteiger partial charge in [-0.15, -0.1) is 23.1 Å². The van der Waals surface area contributed by atoms with E-state index in [4.69, 9.17) is 0 Å². The Balaban J connectivity index is 0.00000304. The number of aliphatic hydroxyl groups is 1. The summed E-state index contributed by atoms with van der Waals surface area (Å²) < 4.78 is 0. The predicted octanol–water partition coefficient (Wildman–Crippen LogP) is -2.18. The SMILES string of the molecule is C[C@@H](O)[C@H]1C(=O)N2C(C(=O)[O-])=C(SC3CN(c4nc(CNC(=O)c5ccccc5)cs4)C3)[C@H](C)[C@H]12.[Na+]. The third-order valence-electron chi connectivity index (χ3n) is 6.72. The number of aromatic nitrogens is 1. The second-order valence-corrected chi connectivity index (χ2v) is 11.2. The van der Waals surface area contributed by atoms with E-state index in [0.717, 1.165) is 10.8 Å². The molecule has 0 spiro atoms. The van der Waals surface area contributed by atoms with Gasteiger partial charge in [-0.2, -0.15) is 0 Å². The molecule has 4 atom stereocenters. The number of carbonyl (C=O) groups is 3. The molecule has 184 valence electrons. The summed E-state index contributed by atoms with van der Waals surface area (Å²) in [5.74, 6) is -2.59. The number of carbonyl (C=O) groups excluding carboxylic acids is 3. The van der Waals surface area contributed by atoms with Crippen molar-refractivity contribution in [2.45, 2.75) is 37.8 Å². The van der Waals surface area contributed by atoms with Crippen LogP contribution in [-0.4, -0.2) is 63.3 Å². The Hall–Kier alpha value is -1.89. The van der Waals surface area contributed by atoms with Gasteiger partial charge in [-0.05, 0) is 19.1 Å². The molecule has 36 heavy (non-hydrogen) atoms. The van der Waals surface area contributed by atoms with E-state index < -0.39 is 18.0 Å². The summed E-state index contributed by atoms with van der Waals surface area (Å²) in [6, 6.07) is 8.68. The van der Waals surface area contributed by atoms with Crippen molar-refractivity contribution in [1.82, 2.24) is 15.2 Å². The Morgan fingerprint density at radius 2 is 2.00 bits per heavy atom. The minimum absolute atomic E-state index is 0. The van der Waals surface area contributed by atoms with Gasteiger partial charge in [0.1, 0.15) is 0 Å². The van der Waals surface area contributed by atoms with Gasteiger partial charge in [0.05, 0.1) is 42.0 Å². The van der Waals surface area contributed by atoms with Crippen LogP contribution in [-0.2, 0) is 16.1 Å². The summed E-state index contributed by atoms with van der Waals surface area (Å²) in [5.41, 5.74) is 1.34. The van der Waals surface area contributed by atoms with Crippen molar-refractivity contribution >= 4 is 46.0 Å². The molecule has 2 amide bonds. The van der Waals surface area contributed by atoms with E-state index in [0.29, 0.717) is 30.1 Å². The number of amides is 2. The number of hydrogen-bond acceptors (Lipinski definition) is 9. The molecule has 4 heterocycles. The molecule has 0 bridgehead atoms. The van der Waals surface area contributed by atoms with Gasteiger partial charge in [-0.3, -0.25) is 9.59 Å². The Labute approximate surface area is 239 Å². The van der Waals surface area contributed by atoms with Crippen molar-refractivity contribution in [3.8, 4) is 0 Å². The van der Waals surface area contributed by atoms with Crippen LogP contribution in [0.2, 0.25) is 0 Å². The topological polar surface area (TPSA) is 126 Å². The van der Waals surface area contributed by atoms with Crippen molar-refractivity contribution in [1.29, 1.82) is 0 Å². The van der Waals surface area contributed by atoms with E-state index in [1.54, 1.807) is 19.1 Å². The van der Waals surface area contributed by atoms with E-state index in [1.165, 1.54) is 28.0 Å². The average molecular weight is 537 g/mol. The number of carboxylic acid groups (broad SMARTS) is 1. The van der Waals surface area contributed by atoms with Gasteiger partial charge in [0, 0.05) is 40.1 Å². The zero-order valence-corrected chi connectivity index (χ0v) is 23.8. The predicted molar refractivity (Wildman–Crippen MR) is 130 cm³/mol. The fourth-order valence-corrected chi connectivity index (χ4v) is 7.26. The van der Waals surface area contributed by atoms with Gasteiger partial charge < -0.3 is 30.1 Å². The number of rotatable bonds is 8. The zero-order chi connectivity index (χ0) is 24.9. The maximum atomic E-state index is 12.5. The standard InChI is InChI=1S/C24H26N4O5S2.Na/c1-12-18-17(13(2)29)22(31)28(18)19(23(32)33)20(12)35-16-9-27(10-16)24-26-15(11-34-24)8-25-21(30)14-6-4-3-5-7-14;/h3-7,11-13,16-18,29H,8-10H2,1-2H3,(H,25,30)(H,32,33);/q;+1/p-1/t12-,13-,17-,18-;/m1./s1. The molecule has 2 fully saturated rings. The van der Waals surface area contributed by atoms with Crippen LogP contribution in [0, 0.1) is 11.8 Å². The number of β-lactam (4-membered cyclic amide) rings is 1. The van der Waals surface area contributed by atoms with E-state index in [-0.39, 0.29) is 64.3 Å². The molecule has 3 aliphatic heterocycles. The first-order valence-corrected chi connectivity index (χ1v) is 13.2. The summed E-state index contributed by atoms with van der Waals surface area (Å²) in [6.45, 7) is 5.21. The normalized spacial score (nSPS) is 24.0. The molecule has 1 aromatic carbocycles. The van der Waals surface area contributed by atoms with Crippen LogP contribution >= 0.6 is 23.1 Å². The van der Waals surface area contributed by atoms with Crippen LogP contribution in [0.4, 0.5) is 5.13 Å². The molecule has 12 heteroatoms. The molecule has 0 saturated carbocycles. The monoisotopic (exact) mass is 536 g/mol. The van der Waals surface area contributed by atoms with Gasteiger partial charge in [0.2, 0.25) is 5.91 Å². The molecule has 0 unspecified atom stereocenters. The van der Waals surface area contributed by atoms with Crippen molar-refractivity contribution < 1.29 is 54.2 Å². The zero-order valence-electron chi connectivity index (χ0n) is 20.2. The van der Waals surface area contributed by atoms with Gasteiger partial charge in [0.25, 0.3) is 5.91 Å². The maximum absolute atomic E-state index is 12.5. The van der Waals surface area contributed by atoms with Crippen LogP contribution in [0.3, 0.4) is 0 Å². The maximum Gasteiger partial charge on any atom is 1.00 e. The minimum Gasteiger partial charge on any atom is -0.543 e. The smallest absolute Gasteiger partial charge is 0.543 e. The van der Waals surface area contributed by atoms with Crippen LogP contribution in [0.25, 0.3) is 0 Å². The number of aliphatic carboxylic acids is 1. The van der Waals surface area contributed by atoms with Gasteiger partial charge in [0.15, 0.2) is 5.13 Å². The molecule has 3 aliphatic rings. The van der Waals surface area contributed by atoms with Gasteiger partial charge >= 0.3 is 29.6 Å². The van der Waals surface area contributed by atoms with E-state index in [1.807, 2.05) is 30.5 Å². The van der Waals surface area contributed by atoms with Crippen molar-refractivity contribution in [3.05, 3.63) is 57.6 Å². The van der Waals surface area contributed by atoms with Crippen molar-refractivity contribution in [2.24, 2.45) is 11.8 Å². The third kappa shape index (κ3) is 4.84. The van der Waals surface area contributed by atoms with Crippen LogP contribution in [0.15, 0.2) is 46.3 Å². The Bertz CT molecular complexity index is 1200. The Morgan fingerprint density at radius 1 is 1.31 bits per heavy atom. The fraction of sp³-hybridized carbons (Fsp3) is 0.417. The first-order chi connectivity index (χ1) is 16.8. The Morgan fingerprint density at radius 3 is 2.64 bits per heavy atom. The number of thioether (sulfide) groups is 1. The number of benzene rings is 1. The minimum atomic E-state index is -1.35. The fourth-order valence-electron chi connectivity index (χ4n) is 4.90. The molecular weight excluding hydrogens is 511 g/mol. The van der Waals surface area contributed by atoms with Crippen molar-refractivity contribution in [2.75, 3.05) is 18.0 Å². The van der Waals surface area contributed by atoms with Gasteiger partial charge in [-0.1, -0.05) is 25.1 Å². The summed E-state index contributed by atoms with van der Waals surface area (Å²) in [6.07, 6.45) is -0.825. The first kappa shape index (κ1) is 27.2. The van der Waals surface area contributed by atoms with Crippen molar-refractivity contribution in [3.63, 3.8) is 0 Å². The third-order valence-corrected chi connectivity index (χ3v) is 9.12. The summed E-state index contributed by atoms with van der Waals surface area (Å²) in [4.78, 5) is 45.2. The van der Waals surface area contributed by atoms with Crippen LogP contribution in [0.1, 0.15) is 29.9 Å². The van der Waals surface area contributed by atoms with Gasteiger partial charge in [-0.25, -0.2) is 4.98 Å². The number of carboxylic acids is 1. The molecule has 2 N–H and O–H groups in total. The number of fused-ring (bicyclic) bond motifs is 1. The number of hydrogen-bond donors (Lipinski definition) is 2. The number of anilines is 1. The number of nitrogens with zero attached hydrogens (tertiary/aromatic N) is 3. The number of thiazole rings is 1. The second kappa shape index (κ2) is 10.8. The average Bonchev–Trinajstić information content (AvgIpc) is 3.35.